The van der Waals surface area contributed by atoms with Gasteiger partial charge in [-0.3, -0.25) is 9.69 Å². The normalized spacial score (nSPS) is 28.7. The lowest BCUT2D eigenvalue weighted by atomic mass is 9.99. The van der Waals surface area contributed by atoms with Gasteiger partial charge in [-0.1, -0.05) is 30.3 Å². The van der Waals surface area contributed by atoms with Crippen LogP contribution in [0.3, 0.4) is 0 Å². The molecular weight excluding hydrogens is 288 g/mol. The second kappa shape index (κ2) is 7.45. The van der Waals surface area contributed by atoms with Crippen molar-refractivity contribution in [1.29, 1.82) is 0 Å². The van der Waals surface area contributed by atoms with Crippen molar-refractivity contribution >= 4 is 5.91 Å². The van der Waals surface area contributed by atoms with Crippen molar-refractivity contribution in [2.45, 2.75) is 50.8 Å². The third kappa shape index (κ3) is 3.93. The number of piperidine rings is 1. The highest BCUT2D eigenvalue weighted by Gasteiger charge is 2.36. The number of hydrogen-bond donors (Lipinski definition) is 1. The SMILES string of the molecule is CN(C(=O)C1CCCC1O)C1CCCN(Cc2ccccc2)C1. The molecule has 3 atom stereocenters. The number of carbonyl (C=O) groups excluding carboxylic acids is 1. The molecule has 1 saturated carbocycles. The molecule has 1 amide bonds. The van der Waals surface area contributed by atoms with Crippen LogP contribution in [-0.4, -0.2) is 53.1 Å². The van der Waals surface area contributed by atoms with Gasteiger partial charge in [0, 0.05) is 26.2 Å². The summed E-state index contributed by atoms with van der Waals surface area (Å²) in [7, 11) is 1.92. The van der Waals surface area contributed by atoms with Crippen LogP contribution in [0.4, 0.5) is 0 Å². The van der Waals surface area contributed by atoms with Gasteiger partial charge in [0.05, 0.1) is 12.0 Å². The summed E-state index contributed by atoms with van der Waals surface area (Å²) in [6.07, 6.45) is 4.34. The minimum Gasteiger partial charge on any atom is -0.392 e. The van der Waals surface area contributed by atoms with Crippen molar-refractivity contribution in [2.75, 3.05) is 20.1 Å². The van der Waals surface area contributed by atoms with E-state index in [-0.39, 0.29) is 17.9 Å². The maximum Gasteiger partial charge on any atom is 0.228 e. The Morgan fingerprint density at radius 2 is 2.00 bits per heavy atom. The molecule has 1 N–H and O–H groups in total. The Hall–Kier alpha value is -1.39. The van der Waals surface area contributed by atoms with Gasteiger partial charge in [-0.15, -0.1) is 0 Å². The van der Waals surface area contributed by atoms with Crippen molar-refractivity contribution in [3.05, 3.63) is 35.9 Å². The largest absolute Gasteiger partial charge is 0.392 e. The van der Waals surface area contributed by atoms with Gasteiger partial charge in [0.2, 0.25) is 5.91 Å². The fraction of sp³-hybridized carbons (Fsp3) is 0.632. The molecule has 126 valence electrons. The Morgan fingerprint density at radius 3 is 2.70 bits per heavy atom. The Balaban J connectivity index is 1.58. The summed E-state index contributed by atoms with van der Waals surface area (Å²) in [4.78, 5) is 17.0. The van der Waals surface area contributed by atoms with Crippen molar-refractivity contribution in [3.63, 3.8) is 0 Å². The standard InChI is InChI=1S/C19H28N2O2/c1-20(19(23)17-10-5-11-18(17)22)16-9-6-12-21(14-16)13-15-7-3-2-4-8-15/h2-4,7-8,16-18,22H,5-6,9-14H2,1H3. The lowest BCUT2D eigenvalue weighted by Crippen LogP contribution is -2.50. The van der Waals surface area contributed by atoms with E-state index in [1.807, 2.05) is 18.0 Å². The molecule has 3 unspecified atom stereocenters. The monoisotopic (exact) mass is 316 g/mol. The molecule has 1 aromatic rings. The molecule has 1 heterocycles. The molecule has 0 bridgehead atoms. The number of aliphatic hydroxyl groups excluding tert-OH is 1. The zero-order valence-corrected chi connectivity index (χ0v) is 14.0. The second-order valence-electron chi connectivity index (χ2n) is 7.07. The van der Waals surface area contributed by atoms with Crippen molar-refractivity contribution < 1.29 is 9.90 Å². The number of hydrogen-bond acceptors (Lipinski definition) is 3. The van der Waals surface area contributed by atoms with Crippen LogP contribution in [0.1, 0.15) is 37.7 Å². The number of likely N-dealkylation sites (tertiary alicyclic amines) is 1. The van der Waals surface area contributed by atoms with Crippen LogP contribution in [0, 0.1) is 5.92 Å². The summed E-state index contributed by atoms with van der Waals surface area (Å²) in [5.74, 6) is -0.0361. The number of carbonyl (C=O) groups is 1. The first-order valence-corrected chi connectivity index (χ1v) is 8.86. The van der Waals surface area contributed by atoms with E-state index in [0.29, 0.717) is 0 Å². The zero-order chi connectivity index (χ0) is 16.2. The molecule has 2 aliphatic rings. The zero-order valence-electron chi connectivity index (χ0n) is 14.0. The van der Waals surface area contributed by atoms with Gasteiger partial charge in [0.15, 0.2) is 0 Å². The smallest absolute Gasteiger partial charge is 0.228 e. The number of rotatable bonds is 4. The highest BCUT2D eigenvalue weighted by molar-refractivity contribution is 5.79. The van der Waals surface area contributed by atoms with Gasteiger partial charge in [0.25, 0.3) is 0 Å². The van der Waals surface area contributed by atoms with Crippen LogP contribution in [0.2, 0.25) is 0 Å². The van der Waals surface area contributed by atoms with Gasteiger partial charge in [-0.05, 0) is 44.2 Å². The van der Waals surface area contributed by atoms with E-state index in [1.165, 1.54) is 5.56 Å². The molecule has 3 rings (SSSR count). The van der Waals surface area contributed by atoms with E-state index in [0.717, 1.165) is 51.7 Å². The maximum absolute atomic E-state index is 12.7. The van der Waals surface area contributed by atoms with Crippen LogP contribution >= 0.6 is 0 Å². The highest BCUT2D eigenvalue weighted by atomic mass is 16.3. The number of amides is 1. The summed E-state index contributed by atoms with van der Waals surface area (Å²) in [6.45, 7) is 2.98. The van der Waals surface area contributed by atoms with Gasteiger partial charge in [0.1, 0.15) is 0 Å². The molecule has 1 saturated heterocycles. The number of aliphatic hydroxyl groups is 1. The molecule has 23 heavy (non-hydrogen) atoms. The van der Waals surface area contributed by atoms with E-state index in [1.54, 1.807) is 0 Å². The first-order chi connectivity index (χ1) is 11.1. The highest BCUT2D eigenvalue weighted by Crippen LogP contribution is 2.28. The van der Waals surface area contributed by atoms with Gasteiger partial charge < -0.3 is 10.0 Å². The lowest BCUT2D eigenvalue weighted by Gasteiger charge is -2.38. The molecule has 1 aliphatic heterocycles. The predicted octanol–water partition coefficient (Wildman–Crippen LogP) is 2.27. The van der Waals surface area contributed by atoms with Crippen LogP contribution in [0.5, 0.6) is 0 Å². The summed E-state index contributed by atoms with van der Waals surface area (Å²) >= 11 is 0. The number of likely N-dealkylation sites (N-methyl/N-ethyl adjacent to an activating group) is 1. The number of benzene rings is 1. The van der Waals surface area contributed by atoms with Gasteiger partial charge in [-0.2, -0.15) is 0 Å². The van der Waals surface area contributed by atoms with Crippen LogP contribution in [0.15, 0.2) is 30.3 Å². The fourth-order valence-electron chi connectivity index (χ4n) is 4.00. The Labute approximate surface area is 139 Å². The second-order valence-corrected chi connectivity index (χ2v) is 7.07. The van der Waals surface area contributed by atoms with Crippen LogP contribution in [-0.2, 0) is 11.3 Å². The van der Waals surface area contributed by atoms with E-state index >= 15 is 0 Å². The van der Waals surface area contributed by atoms with Crippen LogP contribution < -0.4 is 0 Å². The van der Waals surface area contributed by atoms with E-state index in [4.69, 9.17) is 0 Å². The maximum atomic E-state index is 12.7. The molecule has 4 nitrogen and oxygen atoms in total. The van der Waals surface area contributed by atoms with E-state index in [9.17, 15) is 9.90 Å². The average molecular weight is 316 g/mol. The lowest BCUT2D eigenvalue weighted by molar-refractivity contribution is -0.140. The van der Waals surface area contributed by atoms with Gasteiger partial charge in [-0.25, -0.2) is 0 Å². The molecule has 0 aromatic heterocycles. The molecular formula is C19H28N2O2. The first-order valence-electron chi connectivity index (χ1n) is 8.86. The Morgan fingerprint density at radius 1 is 1.22 bits per heavy atom. The molecule has 4 heteroatoms. The quantitative estimate of drug-likeness (QED) is 0.927. The third-order valence-corrected chi connectivity index (χ3v) is 5.42. The summed E-state index contributed by atoms with van der Waals surface area (Å²) in [5.41, 5.74) is 1.33. The molecule has 1 aromatic carbocycles. The summed E-state index contributed by atoms with van der Waals surface area (Å²) in [6, 6.07) is 10.8. The summed E-state index contributed by atoms with van der Waals surface area (Å²) in [5, 5.41) is 10.00. The van der Waals surface area contributed by atoms with Crippen molar-refractivity contribution in [3.8, 4) is 0 Å². The van der Waals surface area contributed by atoms with Crippen molar-refractivity contribution in [1.82, 2.24) is 9.80 Å². The Bertz CT molecular complexity index is 519. The average Bonchev–Trinajstić information content (AvgIpc) is 3.01. The predicted molar refractivity (Wildman–Crippen MR) is 90.9 cm³/mol. The third-order valence-electron chi connectivity index (χ3n) is 5.42. The van der Waals surface area contributed by atoms with Crippen molar-refractivity contribution in [2.24, 2.45) is 5.92 Å². The first kappa shape index (κ1) is 16.5. The molecule has 0 spiro atoms. The fourth-order valence-corrected chi connectivity index (χ4v) is 4.00. The topological polar surface area (TPSA) is 43.8 Å². The summed E-state index contributed by atoms with van der Waals surface area (Å²) < 4.78 is 0. The van der Waals surface area contributed by atoms with E-state index in [2.05, 4.69) is 29.2 Å². The minimum atomic E-state index is -0.436. The molecule has 2 fully saturated rings. The molecule has 1 aliphatic carbocycles. The minimum absolute atomic E-state index is 0.140. The van der Waals surface area contributed by atoms with Gasteiger partial charge >= 0.3 is 0 Å². The Kier molecular flexibility index (Phi) is 5.34. The van der Waals surface area contributed by atoms with Crippen LogP contribution in [0.25, 0.3) is 0 Å². The number of nitrogens with zero attached hydrogens (tertiary/aromatic N) is 2. The van der Waals surface area contributed by atoms with E-state index < -0.39 is 6.10 Å². The molecule has 0 radical (unpaired) electrons.